The first kappa shape index (κ1) is 31.5. The third kappa shape index (κ3) is 4.66. The average Bonchev–Trinajstić information content (AvgIpc) is 2.85. The van der Waals surface area contributed by atoms with Crippen molar-refractivity contribution >= 4 is 23.2 Å². The van der Waals surface area contributed by atoms with Crippen molar-refractivity contribution in [3.8, 4) is 5.75 Å². The second kappa shape index (κ2) is 10.7. The number of Topliss-reactive ketones (excluding diaryl/α,β-unsaturated/α-hetero) is 2. The van der Waals surface area contributed by atoms with Crippen LogP contribution < -0.4 is 16.0 Å². The van der Waals surface area contributed by atoms with E-state index >= 15 is 0 Å². The Bertz CT molecular complexity index is 1410. The highest BCUT2D eigenvalue weighted by molar-refractivity contribution is 6.24. The van der Waals surface area contributed by atoms with E-state index in [9.17, 15) is 39.9 Å². The number of hydrogen-bond donors (Lipinski definition) is 7. The number of aromatic hydroxyl groups is 1. The summed E-state index contributed by atoms with van der Waals surface area (Å²) in [5, 5.41) is 58.6. The van der Waals surface area contributed by atoms with Gasteiger partial charge in [-0.05, 0) is 55.5 Å². The van der Waals surface area contributed by atoms with Gasteiger partial charge in [-0.15, -0.1) is 0 Å². The summed E-state index contributed by atoms with van der Waals surface area (Å²) >= 11 is 0. The summed E-state index contributed by atoms with van der Waals surface area (Å²) in [6, 6.07) is 0.168. The maximum absolute atomic E-state index is 14.0. The number of primary amides is 1. The van der Waals surface area contributed by atoms with Crippen molar-refractivity contribution in [1.29, 1.82) is 0 Å². The zero-order valence-corrected chi connectivity index (χ0v) is 25.1. The van der Waals surface area contributed by atoms with Gasteiger partial charge in [-0.2, -0.15) is 0 Å². The first-order valence-corrected chi connectivity index (χ1v) is 13.9. The number of carbonyl (C=O) groups excluding carboxylic acids is 3. The molecule has 1 amide bonds. The van der Waals surface area contributed by atoms with E-state index in [0.29, 0.717) is 16.8 Å². The Morgan fingerprint density at radius 2 is 1.79 bits per heavy atom. The number of aliphatic hydroxyl groups excluding tert-OH is 3. The molecule has 5 atom stereocenters. The lowest BCUT2D eigenvalue weighted by molar-refractivity contribution is -0.148. The standard InChI is InChI=1S/C30H42N4O8/c1-29(2,3)18(12-35)32-11-14-10-17(36)20-15(22(14)33(4)5)8-13-9-16-23(34(6)7)25(38)21(28(31)41)27(40)30(16,42)26(39)19(13)24(20)37/h10,13,16,18,23,32,35-36,38-39,42H,8-9,11-12H2,1-7H3,(H2,31,41)/t13-,16-,18+,23-,30-/m0/s1. The first-order valence-electron chi connectivity index (χ1n) is 13.9. The number of hydrogen-bond acceptors (Lipinski definition) is 11. The monoisotopic (exact) mass is 586 g/mol. The number of allylic oxidation sites excluding steroid dienone is 1. The van der Waals surface area contributed by atoms with Gasteiger partial charge < -0.3 is 41.5 Å². The first-order chi connectivity index (χ1) is 19.4. The van der Waals surface area contributed by atoms with Crippen LogP contribution >= 0.6 is 0 Å². The van der Waals surface area contributed by atoms with Gasteiger partial charge in [-0.1, -0.05) is 20.8 Å². The molecule has 0 bridgehead atoms. The number of anilines is 1. The summed E-state index contributed by atoms with van der Waals surface area (Å²) < 4.78 is 0. The molecular weight excluding hydrogens is 544 g/mol. The van der Waals surface area contributed by atoms with Gasteiger partial charge in [-0.3, -0.25) is 19.3 Å². The Morgan fingerprint density at radius 1 is 1.17 bits per heavy atom. The van der Waals surface area contributed by atoms with E-state index in [4.69, 9.17) is 5.73 Å². The molecular formula is C30H42N4O8. The molecule has 0 aliphatic heterocycles. The number of nitrogens with zero attached hydrogens (tertiary/aromatic N) is 2. The number of ketones is 2. The van der Waals surface area contributed by atoms with Crippen molar-refractivity contribution in [2.24, 2.45) is 23.0 Å². The van der Waals surface area contributed by atoms with Crippen LogP contribution in [0.5, 0.6) is 5.75 Å². The van der Waals surface area contributed by atoms with E-state index < -0.39 is 58.0 Å². The lowest BCUT2D eigenvalue weighted by atomic mass is 9.58. The second-order valence-electron chi connectivity index (χ2n) is 13.1. The zero-order valence-electron chi connectivity index (χ0n) is 25.1. The Morgan fingerprint density at radius 3 is 2.29 bits per heavy atom. The number of nitrogens with two attached hydrogens (primary N) is 1. The van der Waals surface area contributed by atoms with Crippen molar-refractivity contribution in [3.63, 3.8) is 0 Å². The number of amides is 1. The number of carbonyl (C=O) groups is 3. The minimum absolute atomic E-state index is 0.0124. The molecule has 0 heterocycles. The average molecular weight is 587 g/mol. The van der Waals surface area contributed by atoms with Gasteiger partial charge in [0.2, 0.25) is 5.78 Å². The van der Waals surface area contributed by atoms with Crippen molar-refractivity contribution in [3.05, 3.63) is 45.4 Å². The van der Waals surface area contributed by atoms with Crippen molar-refractivity contribution in [2.75, 3.05) is 39.7 Å². The van der Waals surface area contributed by atoms with Crippen LogP contribution in [-0.4, -0.2) is 100 Å². The fourth-order valence-corrected chi connectivity index (χ4v) is 6.94. The SMILES string of the molecule is CN(C)c1c(CN[C@H](CO)C(C)(C)C)cc(O)c2c1C[C@H]1C[C@H]3[C@H](N(C)C)C(O)=C(C(N)=O)C(=O)[C@@]3(O)C(O)=C1C2=O. The van der Waals surface area contributed by atoms with Gasteiger partial charge in [0.25, 0.3) is 5.91 Å². The minimum atomic E-state index is -2.68. The van der Waals surface area contributed by atoms with Gasteiger partial charge in [0.05, 0.1) is 18.2 Å². The van der Waals surface area contributed by atoms with E-state index in [1.807, 2.05) is 39.8 Å². The molecule has 3 aliphatic carbocycles. The molecule has 230 valence electrons. The molecule has 0 saturated carbocycles. The third-order valence-corrected chi connectivity index (χ3v) is 8.99. The second-order valence-corrected chi connectivity index (χ2v) is 13.1. The molecule has 0 saturated heterocycles. The molecule has 1 aromatic carbocycles. The van der Waals surface area contributed by atoms with E-state index in [-0.39, 0.29) is 54.3 Å². The van der Waals surface area contributed by atoms with Crippen LogP contribution in [0.1, 0.15) is 48.7 Å². The fraction of sp³-hybridized carbons (Fsp3) is 0.567. The van der Waals surface area contributed by atoms with E-state index in [2.05, 4.69) is 5.32 Å². The van der Waals surface area contributed by atoms with Gasteiger partial charge in [0.1, 0.15) is 22.8 Å². The summed E-state index contributed by atoms with van der Waals surface area (Å²) in [5.41, 5.74) is 3.31. The van der Waals surface area contributed by atoms with Crippen LogP contribution in [-0.2, 0) is 22.6 Å². The normalized spacial score (nSPS) is 26.7. The van der Waals surface area contributed by atoms with Crippen LogP contribution in [0.2, 0.25) is 0 Å². The molecule has 0 unspecified atom stereocenters. The van der Waals surface area contributed by atoms with Gasteiger partial charge in [0.15, 0.2) is 11.4 Å². The van der Waals surface area contributed by atoms with Crippen LogP contribution in [0.15, 0.2) is 28.7 Å². The predicted octanol–water partition coefficient (Wildman–Crippen LogP) is 0.683. The molecule has 0 radical (unpaired) electrons. The molecule has 0 fully saturated rings. The van der Waals surface area contributed by atoms with Gasteiger partial charge >= 0.3 is 0 Å². The Labute approximate surface area is 245 Å². The molecule has 42 heavy (non-hydrogen) atoms. The van der Waals surface area contributed by atoms with Crippen molar-refractivity contribution in [2.45, 2.75) is 57.8 Å². The minimum Gasteiger partial charge on any atom is -0.510 e. The van der Waals surface area contributed by atoms with Crippen LogP contribution in [0, 0.1) is 17.3 Å². The van der Waals surface area contributed by atoms with Gasteiger partial charge in [-0.25, -0.2) is 0 Å². The fourth-order valence-electron chi connectivity index (χ4n) is 6.94. The quantitative estimate of drug-likeness (QED) is 0.222. The highest BCUT2D eigenvalue weighted by atomic mass is 16.3. The molecule has 8 N–H and O–H groups in total. The lowest BCUT2D eigenvalue weighted by Gasteiger charge is -2.50. The number of phenols is 1. The number of phenolic OH excluding ortho intramolecular Hbond substituents is 1. The highest BCUT2D eigenvalue weighted by Gasteiger charge is 2.63. The molecule has 0 aromatic heterocycles. The van der Waals surface area contributed by atoms with Crippen molar-refractivity contribution < 1.29 is 39.9 Å². The molecule has 1 aromatic rings. The zero-order chi connectivity index (χ0) is 31.6. The topological polar surface area (TPSA) is 197 Å². The number of nitrogens with one attached hydrogen (secondary N) is 1. The summed E-state index contributed by atoms with van der Waals surface area (Å²) in [6.07, 6.45) is 0.199. The van der Waals surface area contributed by atoms with Crippen LogP contribution in [0.25, 0.3) is 0 Å². The molecule has 12 nitrogen and oxygen atoms in total. The number of rotatable bonds is 7. The third-order valence-electron chi connectivity index (χ3n) is 8.99. The Kier molecular flexibility index (Phi) is 8.00. The maximum Gasteiger partial charge on any atom is 0.255 e. The van der Waals surface area contributed by atoms with Crippen LogP contribution in [0.4, 0.5) is 5.69 Å². The van der Waals surface area contributed by atoms with E-state index in [0.717, 1.165) is 0 Å². The molecule has 0 spiro atoms. The van der Waals surface area contributed by atoms with E-state index in [1.165, 1.54) is 11.0 Å². The molecule has 4 rings (SSSR count). The Balaban J connectivity index is 1.88. The predicted molar refractivity (Wildman–Crippen MR) is 155 cm³/mol. The number of likely N-dealkylation sites (N-methyl/N-ethyl adjacent to an activating group) is 1. The Hall–Kier alpha value is -3.45. The summed E-state index contributed by atoms with van der Waals surface area (Å²) in [7, 11) is 6.80. The lowest BCUT2D eigenvalue weighted by Crippen LogP contribution is -2.63. The van der Waals surface area contributed by atoms with Gasteiger partial charge in [0, 0.05) is 43.9 Å². The summed E-state index contributed by atoms with van der Waals surface area (Å²) in [4.78, 5) is 43.0. The van der Waals surface area contributed by atoms with E-state index in [1.54, 1.807) is 14.1 Å². The molecule has 12 heteroatoms. The van der Waals surface area contributed by atoms with Crippen molar-refractivity contribution in [1.82, 2.24) is 10.2 Å². The number of aliphatic hydroxyl groups is 4. The highest BCUT2D eigenvalue weighted by Crippen LogP contribution is 2.53. The molecule has 3 aliphatic rings. The number of fused-ring (bicyclic) bond motifs is 3. The summed E-state index contributed by atoms with van der Waals surface area (Å²) in [6.45, 7) is 6.19. The largest absolute Gasteiger partial charge is 0.510 e. The number of benzene rings is 1. The summed E-state index contributed by atoms with van der Waals surface area (Å²) in [5.74, 6) is -6.85. The smallest absolute Gasteiger partial charge is 0.255 e. The maximum atomic E-state index is 14.0. The van der Waals surface area contributed by atoms with Crippen LogP contribution in [0.3, 0.4) is 0 Å².